The number of rotatable bonds is 6. The van der Waals surface area contributed by atoms with Gasteiger partial charge in [-0.2, -0.15) is 0 Å². The van der Waals surface area contributed by atoms with Crippen molar-refractivity contribution < 1.29 is 4.79 Å². The molecule has 90 valence electrons. The molecule has 0 aromatic carbocycles. The SMILES string of the molecule is CCNC(C)c1cccn1CCC(=O)NC. The summed E-state index contributed by atoms with van der Waals surface area (Å²) in [6, 6.07) is 4.44. The Morgan fingerprint density at radius 1 is 1.56 bits per heavy atom. The van der Waals surface area contributed by atoms with Gasteiger partial charge in [-0.15, -0.1) is 0 Å². The van der Waals surface area contributed by atoms with Crippen LogP contribution in [0.15, 0.2) is 18.3 Å². The summed E-state index contributed by atoms with van der Waals surface area (Å²) in [7, 11) is 1.67. The normalized spacial score (nSPS) is 12.4. The summed E-state index contributed by atoms with van der Waals surface area (Å²) < 4.78 is 2.13. The summed E-state index contributed by atoms with van der Waals surface area (Å²) >= 11 is 0. The Hall–Kier alpha value is -1.29. The van der Waals surface area contributed by atoms with Crippen LogP contribution in [-0.2, 0) is 11.3 Å². The van der Waals surface area contributed by atoms with E-state index in [0.717, 1.165) is 13.1 Å². The fourth-order valence-corrected chi connectivity index (χ4v) is 1.78. The van der Waals surface area contributed by atoms with Crippen molar-refractivity contribution in [2.75, 3.05) is 13.6 Å². The number of nitrogens with zero attached hydrogens (tertiary/aromatic N) is 1. The molecule has 1 atom stereocenters. The summed E-state index contributed by atoms with van der Waals surface area (Å²) in [4.78, 5) is 11.2. The van der Waals surface area contributed by atoms with Crippen LogP contribution in [0.4, 0.5) is 0 Å². The minimum Gasteiger partial charge on any atom is -0.359 e. The predicted octanol–water partition coefficient (Wildman–Crippen LogP) is 1.29. The van der Waals surface area contributed by atoms with Gasteiger partial charge in [0.2, 0.25) is 5.91 Å². The second-order valence-electron chi connectivity index (χ2n) is 3.83. The number of nitrogens with one attached hydrogen (secondary N) is 2. The first-order valence-corrected chi connectivity index (χ1v) is 5.78. The van der Waals surface area contributed by atoms with Gasteiger partial charge in [0.05, 0.1) is 0 Å². The Labute approximate surface area is 97.0 Å². The van der Waals surface area contributed by atoms with Crippen molar-refractivity contribution in [3.05, 3.63) is 24.0 Å². The molecule has 0 aliphatic heterocycles. The van der Waals surface area contributed by atoms with Crippen molar-refractivity contribution in [3.63, 3.8) is 0 Å². The molecule has 0 saturated heterocycles. The van der Waals surface area contributed by atoms with E-state index in [-0.39, 0.29) is 5.91 Å². The van der Waals surface area contributed by atoms with Gasteiger partial charge in [-0.05, 0) is 25.6 Å². The summed E-state index contributed by atoms with van der Waals surface area (Å²) in [6.07, 6.45) is 2.54. The molecule has 0 bridgehead atoms. The van der Waals surface area contributed by atoms with Gasteiger partial charge in [0.25, 0.3) is 0 Å². The fraction of sp³-hybridized carbons (Fsp3) is 0.583. The molecule has 16 heavy (non-hydrogen) atoms. The highest BCUT2D eigenvalue weighted by atomic mass is 16.1. The highest BCUT2D eigenvalue weighted by Crippen LogP contribution is 2.13. The quantitative estimate of drug-likeness (QED) is 0.763. The lowest BCUT2D eigenvalue weighted by Crippen LogP contribution is -2.23. The van der Waals surface area contributed by atoms with Gasteiger partial charge in [-0.3, -0.25) is 4.79 Å². The number of amides is 1. The molecule has 1 unspecified atom stereocenters. The van der Waals surface area contributed by atoms with Crippen molar-refractivity contribution in [1.29, 1.82) is 0 Å². The van der Waals surface area contributed by atoms with Gasteiger partial charge in [0, 0.05) is 37.9 Å². The van der Waals surface area contributed by atoms with E-state index in [1.807, 2.05) is 12.3 Å². The number of carbonyl (C=O) groups excluding carboxylic acids is 1. The molecule has 1 amide bonds. The Bertz CT molecular complexity index is 333. The van der Waals surface area contributed by atoms with E-state index >= 15 is 0 Å². The van der Waals surface area contributed by atoms with Gasteiger partial charge in [0.1, 0.15) is 0 Å². The van der Waals surface area contributed by atoms with E-state index < -0.39 is 0 Å². The maximum atomic E-state index is 11.2. The zero-order valence-corrected chi connectivity index (χ0v) is 10.3. The molecule has 4 heteroatoms. The summed E-state index contributed by atoms with van der Waals surface area (Å²) in [5.41, 5.74) is 1.23. The largest absolute Gasteiger partial charge is 0.359 e. The molecule has 0 saturated carbocycles. The number of hydrogen-bond donors (Lipinski definition) is 2. The molecule has 4 nitrogen and oxygen atoms in total. The van der Waals surface area contributed by atoms with Gasteiger partial charge in [0.15, 0.2) is 0 Å². The third kappa shape index (κ3) is 3.38. The number of hydrogen-bond acceptors (Lipinski definition) is 2. The van der Waals surface area contributed by atoms with Gasteiger partial charge in [-0.25, -0.2) is 0 Å². The average Bonchev–Trinajstić information content (AvgIpc) is 2.74. The predicted molar refractivity (Wildman–Crippen MR) is 65.2 cm³/mol. The van der Waals surface area contributed by atoms with Gasteiger partial charge < -0.3 is 15.2 Å². The first-order chi connectivity index (χ1) is 7.69. The zero-order chi connectivity index (χ0) is 12.0. The van der Waals surface area contributed by atoms with E-state index in [0.29, 0.717) is 12.5 Å². The molecule has 0 spiro atoms. The van der Waals surface area contributed by atoms with Crippen molar-refractivity contribution in [2.24, 2.45) is 0 Å². The molecule has 0 aliphatic rings. The molecular formula is C12H21N3O. The van der Waals surface area contributed by atoms with E-state index in [2.05, 4.69) is 35.1 Å². The van der Waals surface area contributed by atoms with Crippen LogP contribution in [0.3, 0.4) is 0 Å². The standard InChI is InChI=1S/C12H21N3O/c1-4-14-10(2)11-6-5-8-15(11)9-7-12(16)13-3/h5-6,8,10,14H,4,7,9H2,1-3H3,(H,13,16). The highest BCUT2D eigenvalue weighted by Gasteiger charge is 2.09. The summed E-state index contributed by atoms with van der Waals surface area (Å²) in [5.74, 6) is 0.0794. The van der Waals surface area contributed by atoms with Crippen molar-refractivity contribution in [1.82, 2.24) is 15.2 Å². The number of aromatic nitrogens is 1. The third-order valence-corrected chi connectivity index (χ3v) is 2.68. The van der Waals surface area contributed by atoms with Crippen LogP contribution < -0.4 is 10.6 Å². The molecule has 0 radical (unpaired) electrons. The Morgan fingerprint density at radius 2 is 2.31 bits per heavy atom. The molecule has 0 fully saturated rings. The van der Waals surface area contributed by atoms with Crippen LogP contribution in [0.25, 0.3) is 0 Å². The molecule has 1 rings (SSSR count). The topological polar surface area (TPSA) is 46.1 Å². The van der Waals surface area contributed by atoms with E-state index in [9.17, 15) is 4.79 Å². The Balaban J connectivity index is 2.59. The van der Waals surface area contributed by atoms with Crippen LogP contribution in [-0.4, -0.2) is 24.1 Å². The van der Waals surface area contributed by atoms with Crippen LogP contribution in [0, 0.1) is 0 Å². The lowest BCUT2D eigenvalue weighted by Gasteiger charge is -2.16. The van der Waals surface area contributed by atoms with E-state index in [1.54, 1.807) is 7.05 Å². The molecule has 2 N–H and O–H groups in total. The Kier molecular flexibility index (Phi) is 5.05. The Morgan fingerprint density at radius 3 is 2.94 bits per heavy atom. The van der Waals surface area contributed by atoms with Gasteiger partial charge in [-0.1, -0.05) is 6.92 Å². The van der Waals surface area contributed by atoms with E-state index in [4.69, 9.17) is 0 Å². The molecule has 1 aromatic heterocycles. The monoisotopic (exact) mass is 223 g/mol. The van der Waals surface area contributed by atoms with Crippen molar-refractivity contribution >= 4 is 5.91 Å². The van der Waals surface area contributed by atoms with Crippen LogP contribution >= 0.6 is 0 Å². The van der Waals surface area contributed by atoms with Crippen molar-refractivity contribution in [2.45, 2.75) is 32.9 Å². The van der Waals surface area contributed by atoms with Crippen molar-refractivity contribution in [3.8, 4) is 0 Å². The van der Waals surface area contributed by atoms with E-state index in [1.165, 1.54) is 5.69 Å². The molecular weight excluding hydrogens is 202 g/mol. The highest BCUT2D eigenvalue weighted by molar-refractivity contribution is 5.75. The first kappa shape index (κ1) is 12.8. The number of carbonyl (C=O) groups is 1. The van der Waals surface area contributed by atoms with Crippen LogP contribution in [0.5, 0.6) is 0 Å². The van der Waals surface area contributed by atoms with Gasteiger partial charge >= 0.3 is 0 Å². The van der Waals surface area contributed by atoms with Crippen LogP contribution in [0.2, 0.25) is 0 Å². The third-order valence-electron chi connectivity index (χ3n) is 2.68. The summed E-state index contributed by atoms with van der Waals surface area (Å²) in [5, 5.41) is 6.00. The first-order valence-electron chi connectivity index (χ1n) is 5.78. The molecule has 1 heterocycles. The summed E-state index contributed by atoms with van der Waals surface area (Å²) in [6.45, 7) is 5.91. The number of aryl methyl sites for hydroxylation is 1. The lowest BCUT2D eigenvalue weighted by atomic mass is 10.2. The van der Waals surface area contributed by atoms with Crippen LogP contribution in [0.1, 0.15) is 32.0 Å². The second-order valence-corrected chi connectivity index (χ2v) is 3.83. The minimum atomic E-state index is 0.0794. The molecule has 1 aromatic rings. The smallest absolute Gasteiger partial charge is 0.221 e. The zero-order valence-electron chi connectivity index (χ0n) is 10.3. The second kappa shape index (κ2) is 6.33. The molecule has 0 aliphatic carbocycles. The lowest BCUT2D eigenvalue weighted by molar-refractivity contribution is -0.120. The maximum Gasteiger partial charge on any atom is 0.221 e. The average molecular weight is 223 g/mol. The minimum absolute atomic E-state index is 0.0794. The maximum absolute atomic E-state index is 11.2. The fourth-order valence-electron chi connectivity index (χ4n) is 1.78.